The topological polar surface area (TPSA) is 354 Å². The number of amides is 6. The Labute approximate surface area is 470 Å². The zero-order valence-corrected chi connectivity index (χ0v) is 47.9. The van der Waals surface area contributed by atoms with Crippen molar-refractivity contribution in [2.75, 3.05) is 126 Å². The van der Waals surface area contributed by atoms with Crippen molar-refractivity contribution in [3.63, 3.8) is 0 Å². The van der Waals surface area contributed by atoms with Crippen molar-refractivity contribution in [2.24, 2.45) is 0 Å². The molecule has 0 aliphatic carbocycles. The molecule has 0 saturated carbocycles. The maximum atomic E-state index is 11.8. The highest BCUT2D eigenvalue weighted by Crippen LogP contribution is 2.03. The molecular weight excluding hydrogens is 1060 g/mol. The van der Waals surface area contributed by atoms with E-state index in [1.165, 1.54) is 20.8 Å². The average molecular weight is 1160 g/mol. The van der Waals surface area contributed by atoms with Crippen LogP contribution in [0.2, 0.25) is 0 Å². The van der Waals surface area contributed by atoms with Crippen molar-refractivity contribution in [3.05, 3.63) is 0 Å². The van der Waals surface area contributed by atoms with Crippen LogP contribution in [0.5, 0.6) is 0 Å². The zero-order valence-electron chi connectivity index (χ0n) is 47.9. The number of ether oxygens (including phenoxy) is 8. The SMILES string of the molecule is CC(=O)CCCOOC(=O)NCCCCCCNC(=O)OCCCC(=O)OCCOCCOC(=O)CCCOOC(=O)NCCCCCCNC(C)=O.COCCOCCOC(=O)CCCOC(=O)NCCCCCCNC(C)=O. The third-order valence-electron chi connectivity index (χ3n) is 10.2. The van der Waals surface area contributed by atoms with Crippen molar-refractivity contribution in [3.8, 4) is 0 Å². The van der Waals surface area contributed by atoms with Crippen molar-refractivity contribution in [1.29, 1.82) is 0 Å². The van der Waals surface area contributed by atoms with E-state index < -0.39 is 36.3 Å². The number of unbranched alkanes of at least 4 members (excludes halogenated alkanes) is 9. The summed E-state index contributed by atoms with van der Waals surface area (Å²) in [5.41, 5.74) is 0. The first-order valence-electron chi connectivity index (χ1n) is 27.7. The number of rotatable bonds is 51. The lowest BCUT2D eigenvalue weighted by molar-refractivity contribution is -0.239. The second-order valence-corrected chi connectivity index (χ2v) is 17.6. The first-order valence-corrected chi connectivity index (χ1v) is 27.7. The van der Waals surface area contributed by atoms with Gasteiger partial charge in [0, 0.05) is 85.9 Å². The third kappa shape index (κ3) is 64.4. The molecule has 0 aromatic heterocycles. The molecule has 0 fully saturated rings. The van der Waals surface area contributed by atoms with Crippen molar-refractivity contribution in [2.45, 2.75) is 149 Å². The van der Waals surface area contributed by atoms with E-state index in [4.69, 9.17) is 47.7 Å². The maximum absolute atomic E-state index is 11.8. The van der Waals surface area contributed by atoms with Gasteiger partial charge in [-0.15, -0.1) is 0 Å². The normalized spacial score (nSPS) is 10.4. The second kappa shape index (κ2) is 59.0. The van der Waals surface area contributed by atoms with Gasteiger partial charge in [-0.2, -0.15) is 9.78 Å². The van der Waals surface area contributed by atoms with E-state index >= 15 is 0 Å². The minimum Gasteiger partial charge on any atom is -0.463 e. The lowest BCUT2D eigenvalue weighted by Crippen LogP contribution is -2.26. The van der Waals surface area contributed by atoms with Crippen LogP contribution in [0.3, 0.4) is 0 Å². The highest BCUT2D eigenvalue weighted by Gasteiger charge is 2.10. The summed E-state index contributed by atoms with van der Waals surface area (Å²) >= 11 is 0. The number of methoxy groups -OCH3 is 1. The summed E-state index contributed by atoms with van der Waals surface area (Å²) in [5, 5.41) is 15.9. The van der Waals surface area contributed by atoms with Crippen LogP contribution in [0.1, 0.15) is 149 Å². The highest BCUT2D eigenvalue weighted by molar-refractivity contribution is 5.75. The van der Waals surface area contributed by atoms with Gasteiger partial charge in [-0.3, -0.25) is 33.7 Å². The minimum atomic E-state index is -0.708. The molecule has 80 heavy (non-hydrogen) atoms. The van der Waals surface area contributed by atoms with Gasteiger partial charge < -0.3 is 74.6 Å². The molecule has 0 spiro atoms. The molecule has 28 heteroatoms. The number of carbonyl (C=O) groups excluding carboxylic acids is 10. The van der Waals surface area contributed by atoms with Crippen molar-refractivity contribution >= 4 is 59.9 Å². The Kier molecular flexibility index (Phi) is 56.1. The number of alkyl carbamates (subject to hydrolysis) is 2. The summed E-state index contributed by atoms with van der Waals surface area (Å²) < 4.78 is 40.3. The van der Waals surface area contributed by atoms with Crippen LogP contribution < -0.4 is 31.9 Å². The van der Waals surface area contributed by atoms with Gasteiger partial charge in [-0.1, -0.05) is 38.5 Å². The number of hydrogen-bond donors (Lipinski definition) is 6. The van der Waals surface area contributed by atoms with Gasteiger partial charge in [0.25, 0.3) is 0 Å². The van der Waals surface area contributed by atoms with Gasteiger partial charge in [-0.05, 0) is 71.1 Å². The zero-order chi connectivity index (χ0) is 59.4. The third-order valence-corrected chi connectivity index (χ3v) is 10.2. The maximum Gasteiger partial charge on any atom is 0.438 e. The predicted molar refractivity (Wildman–Crippen MR) is 286 cm³/mol. The summed E-state index contributed by atoms with van der Waals surface area (Å²) in [5.74, 6) is -1.28. The Morgan fingerprint density at radius 2 is 0.588 bits per heavy atom. The monoisotopic (exact) mass is 1150 g/mol. The van der Waals surface area contributed by atoms with E-state index in [1.54, 1.807) is 7.11 Å². The molecule has 464 valence electrons. The summed E-state index contributed by atoms with van der Waals surface area (Å²) in [6, 6.07) is 0. The Morgan fingerprint density at radius 3 is 0.912 bits per heavy atom. The van der Waals surface area contributed by atoms with E-state index in [0.29, 0.717) is 91.2 Å². The standard InChI is InChI=1S/C34H60N4O15.C18H34N2O7/c1-28(39)14-11-22-50-52-33(44)37-20-10-6-5-8-18-36-32(43)49-21-12-15-30(41)47-26-24-46-25-27-48-31(42)16-13-23-51-53-34(45)38-19-9-4-3-7-17-35-29(2)40;1-16(21)19-9-5-3-4-6-10-20-18(23)27-11-7-8-17(22)26-15-14-25-13-12-24-2/h3-27H2,1-2H3,(H,35,40)(H,36,43)(H,37,44)(H,38,45);3-15H2,1-2H3,(H,19,21)(H,20,23). The fourth-order valence-corrected chi connectivity index (χ4v) is 6.08. The van der Waals surface area contributed by atoms with Gasteiger partial charge in [0.05, 0.1) is 59.5 Å². The molecule has 28 nitrogen and oxygen atoms in total. The largest absolute Gasteiger partial charge is 0.463 e. The summed E-state index contributed by atoms with van der Waals surface area (Å²) in [7, 11) is 1.59. The Balaban J connectivity index is 0. The summed E-state index contributed by atoms with van der Waals surface area (Å²) in [6.45, 7) is 9.84. The molecule has 0 aromatic rings. The number of esters is 3. The van der Waals surface area contributed by atoms with E-state index in [1.807, 2.05) is 0 Å². The van der Waals surface area contributed by atoms with E-state index in [9.17, 15) is 47.9 Å². The van der Waals surface area contributed by atoms with Crippen LogP contribution in [0.4, 0.5) is 19.2 Å². The first kappa shape index (κ1) is 76.0. The Morgan fingerprint density at radius 1 is 0.287 bits per heavy atom. The molecule has 0 heterocycles. The summed E-state index contributed by atoms with van der Waals surface area (Å²) in [6.07, 6.45) is 10.1. The van der Waals surface area contributed by atoms with Gasteiger partial charge in [0.2, 0.25) is 11.8 Å². The molecule has 6 N–H and O–H groups in total. The Bertz CT molecular complexity index is 1650. The molecule has 0 aliphatic heterocycles. The van der Waals surface area contributed by atoms with Crippen LogP contribution in [0.15, 0.2) is 0 Å². The lowest BCUT2D eigenvalue weighted by Gasteiger charge is -2.08. The number of Topliss-reactive ketones (excluding diaryl/α,β-unsaturated/α-hetero) is 1. The molecular formula is C52H94N6O22. The molecule has 0 bridgehead atoms. The summed E-state index contributed by atoms with van der Waals surface area (Å²) in [4.78, 5) is 132. The quantitative estimate of drug-likeness (QED) is 0.0158. The number of nitrogens with one attached hydrogen (secondary N) is 6. The van der Waals surface area contributed by atoms with Gasteiger partial charge in [-0.25, -0.2) is 19.2 Å². The van der Waals surface area contributed by atoms with E-state index in [2.05, 4.69) is 41.7 Å². The molecule has 0 radical (unpaired) electrons. The average Bonchev–Trinajstić information content (AvgIpc) is 3.41. The fourth-order valence-electron chi connectivity index (χ4n) is 6.08. The highest BCUT2D eigenvalue weighted by atomic mass is 17.2. The lowest BCUT2D eigenvalue weighted by atomic mass is 10.2. The van der Waals surface area contributed by atoms with E-state index in [-0.39, 0.29) is 102 Å². The van der Waals surface area contributed by atoms with Crippen molar-refractivity contribution in [1.82, 2.24) is 31.9 Å². The molecule has 0 saturated heterocycles. The molecule has 0 aliphatic rings. The van der Waals surface area contributed by atoms with Crippen LogP contribution in [0, 0.1) is 0 Å². The molecule has 0 aromatic carbocycles. The molecule has 0 atom stereocenters. The van der Waals surface area contributed by atoms with Gasteiger partial charge >= 0.3 is 42.3 Å². The molecule has 0 rings (SSSR count). The molecule has 0 unspecified atom stereocenters. The minimum absolute atomic E-state index is 0.0142. The molecule has 6 amide bonds. The number of hydrogen-bond acceptors (Lipinski definition) is 22. The smallest absolute Gasteiger partial charge is 0.438 e. The number of carbonyl (C=O) groups is 10. The number of ketones is 1. The van der Waals surface area contributed by atoms with Crippen LogP contribution in [-0.4, -0.2) is 186 Å². The predicted octanol–water partition coefficient (Wildman–Crippen LogP) is 4.71. The van der Waals surface area contributed by atoms with Gasteiger partial charge in [0.1, 0.15) is 25.6 Å². The van der Waals surface area contributed by atoms with Gasteiger partial charge in [0.15, 0.2) is 0 Å². The van der Waals surface area contributed by atoms with E-state index in [0.717, 1.165) is 77.0 Å². The fraction of sp³-hybridized carbons (Fsp3) is 0.808. The first-order chi connectivity index (χ1) is 38.7. The Hall–Kier alpha value is -6.10. The van der Waals surface area contributed by atoms with Crippen LogP contribution >= 0.6 is 0 Å². The van der Waals surface area contributed by atoms with Crippen LogP contribution in [-0.2, 0) is 86.2 Å². The van der Waals surface area contributed by atoms with Crippen LogP contribution in [0.25, 0.3) is 0 Å². The van der Waals surface area contributed by atoms with Crippen molar-refractivity contribution < 1.29 is 105 Å². The second-order valence-electron chi connectivity index (χ2n) is 17.6.